The van der Waals surface area contributed by atoms with Crippen molar-refractivity contribution in [2.24, 2.45) is 4.99 Å². The number of amidine groups is 1. The Morgan fingerprint density at radius 2 is 1.91 bits per heavy atom. The van der Waals surface area contributed by atoms with Gasteiger partial charge in [0.25, 0.3) is 5.91 Å². The van der Waals surface area contributed by atoms with Gasteiger partial charge in [0.15, 0.2) is 0 Å². The molecule has 2 aliphatic heterocycles. The van der Waals surface area contributed by atoms with Gasteiger partial charge in [0, 0.05) is 42.7 Å². The number of aromatic nitrogens is 3. The first-order valence-corrected chi connectivity index (χ1v) is 10.4. The highest BCUT2D eigenvalue weighted by atomic mass is 19.4. The summed E-state index contributed by atoms with van der Waals surface area (Å²) < 4.78 is 38.7. The molecule has 0 unspecified atom stereocenters. The van der Waals surface area contributed by atoms with Gasteiger partial charge in [-0.3, -0.25) is 9.79 Å². The van der Waals surface area contributed by atoms with Crippen molar-refractivity contribution in [1.82, 2.24) is 15.0 Å². The third-order valence-electron chi connectivity index (χ3n) is 5.44. The van der Waals surface area contributed by atoms with Crippen molar-refractivity contribution in [3.63, 3.8) is 0 Å². The number of pyridine rings is 1. The zero-order valence-electron chi connectivity index (χ0n) is 17.9. The van der Waals surface area contributed by atoms with Crippen molar-refractivity contribution in [3.8, 4) is 0 Å². The zero-order valence-corrected chi connectivity index (χ0v) is 17.9. The smallest absolute Gasteiger partial charge is 0.357 e. The van der Waals surface area contributed by atoms with Crippen LogP contribution in [0.1, 0.15) is 27.0 Å². The second kappa shape index (κ2) is 8.25. The summed E-state index contributed by atoms with van der Waals surface area (Å²) in [6, 6.07) is 8.40. The number of halogens is 3. The van der Waals surface area contributed by atoms with Crippen molar-refractivity contribution in [3.05, 3.63) is 71.0 Å². The molecule has 2 N–H and O–H groups in total. The molecule has 0 fully saturated rings. The van der Waals surface area contributed by atoms with Crippen LogP contribution in [0.5, 0.6) is 0 Å². The second-order valence-electron chi connectivity index (χ2n) is 7.60. The molecular formula is C23H18F3N7O. The van der Waals surface area contributed by atoms with Crippen LogP contribution in [0.4, 0.5) is 30.8 Å². The quantitative estimate of drug-likeness (QED) is 0.606. The normalized spacial score (nSPS) is 14.6. The van der Waals surface area contributed by atoms with E-state index >= 15 is 0 Å². The largest absolute Gasteiger partial charge is 0.416 e. The SMILES string of the molecule is CNc1ncc2c(n1)N1CCN=C1C(c1ccc(C(=O)Nc3cc(C(F)(F)F)ccn3)cc1)=C2. The molecule has 0 atom stereocenters. The van der Waals surface area contributed by atoms with Crippen molar-refractivity contribution >= 4 is 41.0 Å². The molecule has 3 aromatic rings. The van der Waals surface area contributed by atoms with Crippen molar-refractivity contribution in [2.45, 2.75) is 6.18 Å². The van der Waals surface area contributed by atoms with Gasteiger partial charge in [0.05, 0.1) is 12.1 Å². The number of carbonyl (C=O) groups is 1. The lowest BCUT2D eigenvalue weighted by molar-refractivity contribution is -0.137. The summed E-state index contributed by atoms with van der Waals surface area (Å²) in [5, 5.41) is 5.35. The monoisotopic (exact) mass is 465 g/mol. The molecule has 0 spiro atoms. The van der Waals surface area contributed by atoms with E-state index in [1.165, 1.54) is 0 Å². The van der Waals surface area contributed by atoms with Crippen molar-refractivity contribution in [2.75, 3.05) is 35.7 Å². The topological polar surface area (TPSA) is 95.4 Å². The molecule has 8 nitrogen and oxygen atoms in total. The van der Waals surface area contributed by atoms with E-state index in [-0.39, 0.29) is 11.4 Å². The van der Waals surface area contributed by atoms with Gasteiger partial charge >= 0.3 is 6.18 Å². The Balaban J connectivity index is 1.40. The van der Waals surface area contributed by atoms with E-state index in [9.17, 15) is 18.0 Å². The molecule has 0 saturated heterocycles. The Kier molecular flexibility index (Phi) is 5.23. The maximum Gasteiger partial charge on any atom is 0.416 e. The lowest BCUT2D eigenvalue weighted by Gasteiger charge is -2.27. The van der Waals surface area contributed by atoms with Crippen LogP contribution < -0.4 is 15.5 Å². The standard InChI is InChI=1S/C23H18F3N7O/c1-27-22-30-12-15-10-17(20-29-8-9-33(20)19(15)32-22)13-2-4-14(5-3-13)21(34)31-18-11-16(6-7-28-18)23(24,25)26/h2-7,10-12H,8-9H2,1H3,(H,27,30,32)(H,28,31,34). The molecule has 4 heterocycles. The fourth-order valence-electron chi connectivity index (χ4n) is 3.80. The predicted octanol–water partition coefficient (Wildman–Crippen LogP) is 3.96. The van der Waals surface area contributed by atoms with E-state index in [0.717, 1.165) is 46.7 Å². The first-order chi connectivity index (χ1) is 16.3. The third kappa shape index (κ3) is 3.96. The first kappa shape index (κ1) is 21.6. The molecule has 1 amide bonds. The van der Waals surface area contributed by atoms with Crippen LogP contribution in [0.25, 0.3) is 11.6 Å². The number of benzene rings is 1. The average Bonchev–Trinajstić information content (AvgIpc) is 3.33. The van der Waals surface area contributed by atoms with Gasteiger partial charge in [-0.05, 0) is 35.9 Å². The van der Waals surface area contributed by atoms with E-state index < -0.39 is 17.6 Å². The molecule has 2 aromatic heterocycles. The highest BCUT2D eigenvalue weighted by Gasteiger charge is 2.31. The highest BCUT2D eigenvalue weighted by Crippen LogP contribution is 2.35. The van der Waals surface area contributed by atoms with Crippen LogP contribution in [0.15, 0.2) is 53.8 Å². The molecule has 0 radical (unpaired) electrons. The summed E-state index contributed by atoms with van der Waals surface area (Å²) in [5.41, 5.74) is 1.96. The van der Waals surface area contributed by atoms with Crippen LogP contribution in [0.3, 0.4) is 0 Å². The predicted molar refractivity (Wildman–Crippen MR) is 123 cm³/mol. The first-order valence-electron chi connectivity index (χ1n) is 10.4. The van der Waals surface area contributed by atoms with Crippen LogP contribution in [-0.4, -0.2) is 46.8 Å². The molecule has 0 aliphatic carbocycles. The lowest BCUT2D eigenvalue weighted by Crippen LogP contribution is -2.32. The summed E-state index contributed by atoms with van der Waals surface area (Å²) >= 11 is 0. The van der Waals surface area contributed by atoms with E-state index in [0.29, 0.717) is 19.0 Å². The number of aliphatic imine (C=N–C) groups is 1. The number of anilines is 3. The molecule has 11 heteroatoms. The number of hydrogen-bond acceptors (Lipinski definition) is 7. The molecule has 2 aliphatic rings. The Morgan fingerprint density at radius 3 is 2.65 bits per heavy atom. The van der Waals surface area contributed by atoms with Gasteiger partial charge in [0.2, 0.25) is 5.95 Å². The van der Waals surface area contributed by atoms with Crippen LogP contribution in [-0.2, 0) is 6.18 Å². The van der Waals surface area contributed by atoms with Gasteiger partial charge in [-0.25, -0.2) is 9.97 Å². The minimum absolute atomic E-state index is 0.174. The second-order valence-corrected chi connectivity index (χ2v) is 7.60. The fraction of sp³-hybridized carbons (Fsp3) is 0.174. The molecule has 0 bridgehead atoms. The molecule has 1 aromatic carbocycles. The molecule has 34 heavy (non-hydrogen) atoms. The van der Waals surface area contributed by atoms with Gasteiger partial charge < -0.3 is 15.5 Å². The minimum atomic E-state index is -4.52. The number of carbonyl (C=O) groups excluding carboxylic acids is 1. The highest BCUT2D eigenvalue weighted by molar-refractivity contribution is 6.35. The summed E-state index contributed by atoms with van der Waals surface area (Å²) in [4.78, 5) is 31.9. The van der Waals surface area contributed by atoms with Gasteiger partial charge in [-0.1, -0.05) is 12.1 Å². The van der Waals surface area contributed by atoms with E-state index in [1.807, 2.05) is 11.0 Å². The maximum atomic E-state index is 12.9. The molecule has 0 saturated carbocycles. The zero-order chi connectivity index (χ0) is 23.9. The van der Waals surface area contributed by atoms with Gasteiger partial charge in [-0.15, -0.1) is 0 Å². The Hall–Kier alpha value is -4.28. The number of alkyl halides is 3. The minimum Gasteiger partial charge on any atom is -0.357 e. The van der Waals surface area contributed by atoms with Crippen LogP contribution in [0, 0.1) is 0 Å². The summed E-state index contributed by atoms with van der Waals surface area (Å²) in [6.07, 6.45) is 0.184. The summed E-state index contributed by atoms with van der Waals surface area (Å²) in [5.74, 6) is 1.36. The Morgan fingerprint density at radius 1 is 1.12 bits per heavy atom. The fourth-order valence-corrected chi connectivity index (χ4v) is 3.80. The number of fused-ring (bicyclic) bond motifs is 3. The van der Waals surface area contributed by atoms with Crippen molar-refractivity contribution < 1.29 is 18.0 Å². The van der Waals surface area contributed by atoms with E-state index in [1.54, 1.807) is 37.5 Å². The Labute approximate surface area is 192 Å². The van der Waals surface area contributed by atoms with Crippen molar-refractivity contribution in [1.29, 1.82) is 0 Å². The van der Waals surface area contributed by atoms with E-state index in [4.69, 9.17) is 0 Å². The Bertz CT molecular complexity index is 1330. The molecular weight excluding hydrogens is 447 g/mol. The number of nitrogens with zero attached hydrogens (tertiary/aromatic N) is 5. The summed E-state index contributed by atoms with van der Waals surface area (Å²) in [7, 11) is 1.76. The summed E-state index contributed by atoms with van der Waals surface area (Å²) in [6.45, 7) is 1.33. The number of nitrogens with one attached hydrogen (secondary N) is 2. The van der Waals surface area contributed by atoms with Gasteiger partial charge in [0.1, 0.15) is 17.5 Å². The lowest BCUT2D eigenvalue weighted by atomic mass is 9.97. The van der Waals surface area contributed by atoms with Crippen LogP contribution in [0.2, 0.25) is 0 Å². The maximum absolute atomic E-state index is 12.9. The van der Waals surface area contributed by atoms with E-state index in [2.05, 4.69) is 30.6 Å². The molecule has 172 valence electrons. The average molecular weight is 465 g/mol. The number of rotatable bonds is 4. The number of hydrogen-bond donors (Lipinski definition) is 2. The number of amides is 1. The molecule has 5 rings (SSSR count). The van der Waals surface area contributed by atoms with Crippen LogP contribution >= 0.6 is 0 Å². The third-order valence-corrected chi connectivity index (χ3v) is 5.44. The van der Waals surface area contributed by atoms with Gasteiger partial charge in [-0.2, -0.15) is 18.2 Å².